The number of carbonyl (C=O) groups excluding carboxylic acids is 1. The number of nitrogens with zero attached hydrogens (tertiary/aromatic N) is 2. The number of hydrogen-bond donors (Lipinski definition) is 0. The van der Waals surface area contributed by atoms with Crippen LogP contribution in [-0.2, 0) is 11.2 Å². The molecule has 34 heavy (non-hydrogen) atoms. The molecule has 3 aromatic rings. The molecule has 1 saturated heterocycles. The molecule has 1 aromatic carbocycles. The summed E-state index contributed by atoms with van der Waals surface area (Å²) in [6.07, 6.45) is 8.08. The Morgan fingerprint density at radius 1 is 1.29 bits per heavy atom. The molecule has 5 rings (SSSR count). The van der Waals surface area contributed by atoms with Crippen LogP contribution in [0.3, 0.4) is 0 Å². The summed E-state index contributed by atoms with van der Waals surface area (Å²) in [5.41, 5.74) is 2.43. The number of piperidine rings is 1. The van der Waals surface area contributed by atoms with Crippen molar-refractivity contribution < 1.29 is 18.7 Å². The topological polar surface area (TPSA) is 81.9 Å². The highest BCUT2D eigenvalue weighted by Crippen LogP contribution is 2.42. The Balaban J connectivity index is 1.46. The van der Waals surface area contributed by atoms with Gasteiger partial charge in [-0.3, -0.25) is 9.78 Å². The van der Waals surface area contributed by atoms with E-state index in [2.05, 4.69) is 4.98 Å². The molecule has 1 amide bonds. The summed E-state index contributed by atoms with van der Waals surface area (Å²) >= 11 is 0. The number of rotatable bonds is 4. The van der Waals surface area contributed by atoms with Crippen LogP contribution in [0.15, 0.2) is 45.9 Å². The van der Waals surface area contributed by atoms with E-state index in [4.69, 9.17) is 13.9 Å². The summed E-state index contributed by atoms with van der Waals surface area (Å²) in [6.45, 7) is 6.51. The highest BCUT2D eigenvalue weighted by molar-refractivity contribution is 5.91. The van der Waals surface area contributed by atoms with Crippen LogP contribution in [0.25, 0.3) is 11.0 Å². The lowest BCUT2D eigenvalue weighted by Gasteiger charge is -2.36. The van der Waals surface area contributed by atoms with Gasteiger partial charge < -0.3 is 18.8 Å². The molecule has 7 nitrogen and oxygen atoms in total. The number of likely N-dealkylation sites (tertiary alicyclic amines) is 1. The highest BCUT2D eigenvalue weighted by Gasteiger charge is 2.32. The van der Waals surface area contributed by atoms with Gasteiger partial charge in [0.2, 0.25) is 0 Å². The minimum Gasteiger partial charge on any atom is -0.487 e. The maximum absolute atomic E-state index is 13.3. The SMILES string of the molecule is Cc1cc(=O)oc2c3c(cc(OCC(=O)N4CCCC[C@H]4c4cccnc4)c12)OC(C)(C)CC3. The molecule has 2 aliphatic heterocycles. The Kier molecular flexibility index (Phi) is 5.80. The fourth-order valence-electron chi connectivity index (χ4n) is 5.11. The van der Waals surface area contributed by atoms with Crippen molar-refractivity contribution in [3.63, 3.8) is 0 Å². The summed E-state index contributed by atoms with van der Waals surface area (Å²) in [7, 11) is 0. The maximum atomic E-state index is 13.3. The number of aryl methyl sites for hydroxylation is 2. The van der Waals surface area contributed by atoms with Crippen LogP contribution >= 0.6 is 0 Å². The normalized spacial score (nSPS) is 19.4. The molecule has 0 aliphatic carbocycles. The average molecular weight is 463 g/mol. The Morgan fingerprint density at radius 2 is 2.15 bits per heavy atom. The smallest absolute Gasteiger partial charge is 0.336 e. The van der Waals surface area contributed by atoms with E-state index in [1.165, 1.54) is 6.07 Å². The Bertz CT molecular complexity index is 1280. The predicted octanol–water partition coefficient (Wildman–Crippen LogP) is 4.73. The van der Waals surface area contributed by atoms with Crippen molar-refractivity contribution in [3.8, 4) is 11.5 Å². The van der Waals surface area contributed by atoms with Crippen molar-refractivity contribution in [1.82, 2.24) is 9.88 Å². The van der Waals surface area contributed by atoms with Crippen LogP contribution in [-0.4, -0.2) is 34.5 Å². The Morgan fingerprint density at radius 3 is 2.94 bits per heavy atom. The summed E-state index contributed by atoms with van der Waals surface area (Å²) in [4.78, 5) is 31.6. The van der Waals surface area contributed by atoms with Gasteiger partial charge in [0.1, 0.15) is 22.7 Å². The Hall–Kier alpha value is -3.35. The number of ether oxygens (including phenoxy) is 2. The lowest BCUT2D eigenvalue weighted by molar-refractivity contribution is -0.137. The fourth-order valence-corrected chi connectivity index (χ4v) is 5.11. The van der Waals surface area contributed by atoms with Gasteiger partial charge in [-0.25, -0.2) is 4.79 Å². The van der Waals surface area contributed by atoms with Gasteiger partial charge in [-0.15, -0.1) is 0 Å². The van der Waals surface area contributed by atoms with Crippen LogP contribution in [0.1, 0.15) is 62.3 Å². The van der Waals surface area contributed by atoms with Gasteiger partial charge in [0.05, 0.1) is 11.4 Å². The molecule has 1 atom stereocenters. The highest BCUT2D eigenvalue weighted by atomic mass is 16.5. The standard InChI is InChI=1S/C27H30N2O5/c1-17-13-24(31)33-26-19-9-10-27(2,3)34-21(19)14-22(25(17)26)32-16-23(30)29-12-5-4-8-20(29)18-7-6-11-28-15-18/h6-7,11,13-15,20H,4-5,8-10,12,16H2,1-3H3/t20-/m0/s1. The molecule has 2 aromatic heterocycles. The molecular weight excluding hydrogens is 432 g/mol. The van der Waals surface area contributed by atoms with Gasteiger partial charge in [-0.05, 0) is 70.1 Å². The third kappa shape index (κ3) is 4.27. The first kappa shape index (κ1) is 22.4. The molecule has 1 fully saturated rings. The number of benzene rings is 1. The number of pyridine rings is 1. The molecule has 0 radical (unpaired) electrons. The maximum Gasteiger partial charge on any atom is 0.336 e. The number of fused-ring (bicyclic) bond motifs is 3. The van der Waals surface area contributed by atoms with E-state index in [0.717, 1.165) is 54.2 Å². The van der Waals surface area contributed by atoms with Crippen LogP contribution in [0.4, 0.5) is 0 Å². The van der Waals surface area contributed by atoms with Gasteiger partial charge in [-0.1, -0.05) is 6.07 Å². The molecule has 0 unspecified atom stereocenters. The minimum atomic E-state index is -0.405. The van der Waals surface area contributed by atoms with Gasteiger partial charge in [0, 0.05) is 36.6 Å². The van der Waals surface area contributed by atoms with Gasteiger partial charge >= 0.3 is 5.63 Å². The number of aromatic nitrogens is 1. The molecule has 4 heterocycles. The van der Waals surface area contributed by atoms with Crippen LogP contribution in [0.5, 0.6) is 11.5 Å². The van der Waals surface area contributed by atoms with Crippen molar-refractivity contribution in [2.45, 2.75) is 64.5 Å². The van der Waals surface area contributed by atoms with Crippen molar-refractivity contribution in [2.75, 3.05) is 13.2 Å². The van der Waals surface area contributed by atoms with Gasteiger partial charge in [-0.2, -0.15) is 0 Å². The molecule has 178 valence electrons. The zero-order chi connectivity index (χ0) is 23.9. The van der Waals surface area contributed by atoms with Crippen molar-refractivity contribution in [1.29, 1.82) is 0 Å². The summed E-state index contributed by atoms with van der Waals surface area (Å²) in [5, 5.41) is 0.719. The first-order valence-corrected chi connectivity index (χ1v) is 11.9. The second kappa shape index (κ2) is 8.78. The molecule has 0 saturated carbocycles. The lowest BCUT2D eigenvalue weighted by atomic mass is 9.92. The minimum absolute atomic E-state index is 0.00252. The van der Waals surface area contributed by atoms with Gasteiger partial charge in [0.15, 0.2) is 6.61 Å². The summed E-state index contributed by atoms with van der Waals surface area (Å²) in [5.74, 6) is 1.07. The molecule has 2 aliphatic rings. The second-order valence-electron chi connectivity index (χ2n) is 9.84. The predicted molar refractivity (Wildman–Crippen MR) is 128 cm³/mol. The van der Waals surface area contributed by atoms with E-state index in [0.29, 0.717) is 23.6 Å². The van der Waals surface area contributed by atoms with Gasteiger partial charge in [0.25, 0.3) is 5.91 Å². The van der Waals surface area contributed by atoms with E-state index in [9.17, 15) is 9.59 Å². The van der Waals surface area contributed by atoms with Crippen molar-refractivity contribution in [3.05, 3.63) is 63.8 Å². The summed E-state index contributed by atoms with van der Waals surface area (Å²) < 4.78 is 18.0. The summed E-state index contributed by atoms with van der Waals surface area (Å²) in [6, 6.07) is 7.22. The zero-order valence-electron chi connectivity index (χ0n) is 19.9. The second-order valence-corrected chi connectivity index (χ2v) is 9.84. The van der Waals surface area contributed by atoms with E-state index in [1.807, 2.05) is 50.1 Å². The first-order chi connectivity index (χ1) is 16.3. The fraction of sp³-hybridized carbons (Fsp3) is 0.444. The zero-order valence-corrected chi connectivity index (χ0v) is 19.9. The Labute approximate surface area is 198 Å². The quantitative estimate of drug-likeness (QED) is 0.521. The van der Waals surface area contributed by atoms with E-state index in [1.54, 1.807) is 6.20 Å². The number of hydrogen-bond acceptors (Lipinski definition) is 6. The number of amides is 1. The molecule has 0 N–H and O–H groups in total. The third-order valence-electron chi connectivity index (χ3n) is 6.85. The molecule has 0 spiro atoms. The monoisotopic (exact) mass is 462 g/mol. The average Bonchev–Trinajstić information content (AvgIpc) is 2.81. The first-order valence-electron chi connectivity index (χ1n) is 11.9. The molecule has 7 heteroatoms. The van der Waals surface area contributed by atoms with E-state index in [-0.39, 0.29) is 24.2 Å². The van der Waals surface area contributed by atoms with Crippen LogP contribution < -0.4 is 15.1 Å². The largest absolute Gasteiger partial charge is 0.487 e. The van der Waals surface area contributed by atoms with E-state index < -0.39 is 5.63 Å². The van der Waals surface area contributed by atoms with E-state index >= 15 is 0 Å². The lowest BCUT2D eigenvalue weighted by Crippen LogP contribution is -2.41. The van der Waals surface area contributed by atoms with Crippen LogP contribution in [0, 0.1) is 6.92 Å². The van der Waals surface area contributed by atoms with Crippen molar-refractivity contribution >= 4 is 16.9 Å². The third-order valence-corrected chi connectivity index (χ3v) is 6.85. The van der Waals surface area contributed by atoms with Crippen molar-refractivity contribution in [2.24, 2.45) is 0 Å². The molecule has 0 bridgehead atoms. The number of carbonyl (C=O) groups is 1. The molecular formula is C27H30N2O5. The van der Waals surface area contributed by atoms with Crippen LogP contribution in [0.2, 0.25) is 0 Å².